The number of carbonyl (C=O) groups excluding carboxylic acids is 1. The summed E-state index contributed by atoms with van der Waals surface area (Å²) < 4.78 is 0. The standard InChI is InChI=1S/C11H10N2O2S/c1-6-9(7-2-3-16-5-7)10(14)8(4-13-6)11(12)15/h2-5H,1H3,(H2,12,15)(H,13,14). The van der Waals surface area contributed by atoms with Crippen LogP contribution in [0.15, 0.2) is 23.0 Å². The first-order valence-electron chi connectivity index (χ1n) is 4.62. The van der Waals surface area contributed by atoms with E-state index in [1.54, 1.807) is 6.92 Å². The number of aromatic hydroxyl groups is 1. The van der Waals surface area contributed by atoms with Gasteiger partial charge in [0.05, 0.1) is 5.56 Å². The third kappa shape index (κ3) is 1.65. The second-order valence-corrected chi connectivity index (χ2v) is 4.14. The smallest absolute Gasteiger partial charge is 0.254 e. The fourth-order valence-electron chi connectivity index (χ4n) is 1.53. The van der Waals surface area contributed by atoms with E-state index in [2.05, 4.69) is 4.98 Å². The molecule has 0 saturated carbocycles. The zero-order valence-corrected chi connectivity index (χ0v) is 9.41. The predicted molar refractivity (Wildman–Crippen MR) is 62.5 cm³/mol. The van der Waals surface area contributed by atoms with Crippen LogP contribution in [0, 0.1) is 6.92 Å². The van der Waals surface area contributed by atoms with Gasteiger partial charge in [0.15, 0.2) is 0 Å². The topological polar surface area (TPSA) is 76.2 Å². The second kappa shape index (κ2) is 3.94. The molecule has 16 heavy (non-hydrogen) atoms. The van der Waals surface area contributed by atoms with Gasteiger partial charge in [-0.3, -0.25) is 9.78 Å². The number of amides is 1. The quantitative estimate of drug-likeness (QED) is 0.833. The van der Waals surface area contributed by atoms with Gasteiger partial charge in [0.1, 0.15) is 5.75 Å². The Labute approximate surface area is 96.4 Å². The molecule has 2 aromatic rings. The van der Waals surface area contributed by atoms with Crippen molar-refractivity contribution in [2.45, 2.75) is 6.92 Å². The molecule has 2 rings (SSSR count). The molecule has 0 saturated heterocycles. The highest BCUT2D eigenvalue weighted by Crippen LogP contribution is 2.34. The third-order valence-electron chi connectivity index (χ3n) is 2.32. The maximum absolute atomic E-state index is 11.1. The maximum atomic E-state index is 11.1. The Morgan fingerprint density at radius 3 is 2.88 bits per heavy atom. The number of rotatable bonds is 2. The number of hydrogen-bond donors (Lipinski definition) is 2. The van der Waals surface area contributed by atoms with Crippen molar-refractivity contribution in [2.24, 2.45) is 5.73 Å². The van der Waals surface area contributed by atoms with Crippen molar-refractivity contribution in [3.63, 3.8) is 0 Å². The van der Waals surface area contributed by atoms with Gasteiger partial charge in [0.25, 0.3) is 5.91 Å². The van der Waals surface area contributed by atoms with Crippen molar-refractivity contribution < 1.29 is 9.90 Å². The molecule has 0 aromatic carbocycles. The van der Waals surface area contributed by atoms with Crippen LogP contribution in [0.1, 0.15) is 16.1 Å². The normalized spacial score (nSPS) is 10.3. The molecule has 0 fully saturated rings. The van der Waals surface area contributed by atoms with Gasteiger partial charge in [-0.2, -0.15) is 11.3 Å². The third-order valence-corrected chi connectivity index (χ3v) is 3.00. The first kappa shape index (κ1) is 10.6. The molecule has 5 heteroatoms. The Kier molecular flexibility index (Phi) is 2.62. The molecular formula is C11H10N2O2S. The van der Waals surface area contributed by atoms with E-state index in [-0.39, 0.29) is 11.3 Å². The Morgan fingerprint density at radius 1 is 1.56 bits per heavy atom. The minimum atomic E-state index is -0.679. The van der Waals surface area contributed by atoms with E-state index < -0.39 is 5.91 Å². The largest absolute Gasteiger partial charge is 0.506 e. The van der Waals surface area contributed by atoms with Crippen molar-refractivity contribution >= 4 is 17.2 Å². The van der Waals surface area contributed by atoms with Crippen LogP contribution in [0.5, 0.6) is 5.75 Å². The first-order chi connectivity index (χ1) is 7.61. The van der Waals surface area contributed by atoms with Crippen LogP contribution in [0.3, 0.4) is 0 Å². The molecule has 0 spiro atoms. The summed E-state index contributed by atoms with van der Waals surface area (Å²) in [5.74, 6) is -0.778. The molecule has 0 atom stereocenters. The van der Waals surface area contributed by atoms with Crippen molar-refractivity contribution in [1.29, 1.82) is 0 Å². The Hall–Kier alpha value is -1.88. The SMILES string of the molecule is Cc1ncc(C(N)=O)c(O)c1-c1ccsc1. The van der Waals surface area contributed by atoms with Crippen LogP contribution < -0.4 is 5.73 Å². The monoisotopic (exact) mass is 234 g/mol. The molecule has 2 heterocycles. The summed E-state index contributed by atoms with van der Waals surface area (Å²) in [4.78, 5) is 15.1. The van der Waals surface area contributed by atoms with Crippen LogP contribution in [-0.2, 0) is 0 Å². The van der Waals surface area contributed by atoms with Gasteiger partial charge < -0.3 is 10.8 Å². The lowest BCUT2D eigenvalue weighted by Crippen LogP contribution is -2.12. The minimum Gasteiger partial charge on any atom is -0.506 e. The van der Waals surface area contributed by atoms with Crippen LogP contribution in [0.4, 0.5) is 0 Å². The number of pyridine rings is 1. The maximum Gasteiger partial charge on any atom is 0.254 e. The lowest BCUT2D eigenvalue weighted by Gasteiger charge is -2.08. The van der Waals surface area contributed by atoms with E-state index in [4.69, 9.17) is 5.73 Å². The van der Waals surface area contributed by atoms with Gasteiger partial charge in [-0.05, 0) is 29.3 Å². The Morgan fingerprint density at radius 2 is 2.31 bits per heavy atom. The van der Waals surface area contributed by atoms with E-state index in [0.29, 0.717) is 11.3 Å². The summed E-state index contributed by atoms with van der Waals surface area (Å²) in [5.41, 5.74) is 7.28. The summed E-state index contributed by atoms with van der Waals surface area (Å²) in [6, 6.07) is 1.86. The van der Waals surface area contributed by atoms with Crippen molar-refractivity contribution in [3.8, 4) is 16.9 Å². The average molecular weight is 234 g/mol. The summed E-state index contributed by atoms with van der Waals surface area (Å²) in [7, 11) is 0. The lowest BCUT2D eigenvalue weighted by molar-refractivity contribution is 0.0997. The highest BCUT2D eigenvalue weighted by atomic mass is 32.1. The van der Waals surface area contributed by atoms with E-state index in [1.165, 1.54) is 17.5 Å². The zero-order chi connectivity index (χ0) is 11.7. The number of hydrogen-bond acceptors (Lipinski definition) is 4. The fraction of sp³-hybridized carbons (Fsp3) is 0.0909. The van der Waals surface area contributed by atoms with Gasteiger partial charge in [0.2, 0.25) is 0 Å². The van der Waals surface area contributed by atoms with Gasteiger partial charge in [-0.1, -0.05) is 0 Å². The summed E-state index contributed by atoms with van der Waals surface area (Å²) in [6.07, 6.45) is 1.29. The van der Waals surface area contributed by atoms with Gasteiger partial charge >= 0.3 is 0 Å². The average Bonchev–Trinajstić information content (AvgIpc) is 2.70. The number of aryl methyl sites for hydroxylation is 1. The number of nitrogens with two attached hydrogens (primary N) is 1. The van der Waals surface area contributed by atoms with E-state index in [1.807, 2.05) is 16.8 Å². The van der Waals surface area contributed by atoms with Crippen LogP contribution in [0.2, 0.25) is 0 Å². The van der Waals surface area contributed by atoms with Gasteiger partial charge in [0, 0.05) is 17.5 Å². The van der Waals surface area contributed by atoms with E-state index >= 15 is 0 Å². The first-order valence-corrected chi connectivity index (χ1v) is 5.56. The number of nitrogens with zero attached hydrogens (tertiary/aromatic N) is 1. The number of thiophene rings is 1. The summed E-state index contributed by atoms with van der Waals surface area (Å²) in [6.45, 7) is 1.78. The van der Waals surface area contributed by atoms with Gasteiger partial charge in [-0.25, -0.2) is 0 Å². The Balaban J connectivity index is 2.69. The molecule has 2 aromatic heterocycles. The summed E-state index contributed by atoms with van der Waals surface area (Å²) >= 11 is 1.51. The van der Waals surface area contributed by atoms with Gasteiger partial charge in [-0.15, -0.1) is 0 Å². The molecule has 82 valence electrons. The second-order valence-electron chi connectivity index (χ2n) is 3.36. The van der Waals surface area contributed by atoms with Crippen LogP contribution in [-0.4, -0.2) is 16.0 Å². The lowest BCUT2D eigenvalue weighted by atomic mass is 10.0. The van der Waals surface area contributed by atoms with Crippen LogP contribution in [0.25, 0.3) is 11.1 Å². The van der Waals surface area contributed by atoms with Crippen molar-refractivity contribution in [3.05, 3.63) is 34.3 Å². The van der Waals surface area contributed by atoms with Crippen molar-refractivity contribution in [1.82, 2.24) is 4.98 Å². The molecular weight excluding hydrogens is 224 g/mol. The molecule has 4 nitrogen and oxygen atoms in total. The fourth-order valence-corrected chi connectivity index (χ4v) is 2.17. The highest BCUT2D eigenvalue weighted by Gasteiger charge is 2.16. The van der Waals surface area contributed by atoms with E-state index in [0.717, 1.165) is 5.56 Å². The molecule has 0 aliphatic rings. The summed E-state index contributed by atoms with van der Waals surface area (Å²) in [5, 5.41) is 13.8. The van der Waals surface area contributed by atoms with Crippen LogP contribution >= 0.6 is 11.3 Å². The molecule has 0 radical (unpaired) electrons. The number of carbonyl (C=O) groups is 1. The number of primary amides is 1. The molecule has 0 aliphatic heterocycles. The predicted octanol–water partition coefficient (Wildman–Crippen LogP) is 1.92. The van der Waals surface area contributed by atoms with Crippen molar-refractivity contribution in [2.75, 3.05) is 0 Å². The Bertz CT molecular complexity index is 535. The molecule has 0 bridgehead atoms. The molecule has 0 aliphatic carbocycles. The molecule has 3 N–H and O–H groups in total. The minimum absolute atomic E-state index is 0.0480. The molecule has 1 amide bonds. The zero-order valence-electron chi connectivity index (χ0n) is 8.60. The number of aromatic nitrogens is 1. The van der Waals surface area contributed by atoms with E-state index in [9.17, 15) is 9.90 Å². The highest BCUT2D eigenvalue weighted by molar-refractivity contribution is 7.08. The molecule has 0 unspecified atom stereocenters.